The van der Waals surface area contributed by atoms with E-state index in [9.17, 15) is 9.59 Å². The maximum atomic E-state index is 12.4. The summed E-state index contributed by atoms with van der Waals surface area (Å²) in [5, 5.41) is 2.71. The van der Waals surface area contributed by atoms with Gasteiger partial charge >= 0.3 is 6.09 Å². The fraction of sp³-hybridized carbons (Fsp3) is 0.385. The highest BCUT2D eigenvalue weighted by molar-refractivity contribution is 9.10. The van der Waals surface area contributed by atoms with Crippen molar-refractivity contribution < 1.29 is 14.3 Å². The van der Waals surface area contributed by atoms with E-state index in [0.29, 0.717) is 18.7 Å². The van der Waals surface area contributed by atoms with E-state index in [-0.39, 0.29) is 11.9 Å². The number of nitrogens with zero attached hydrogens (tertiary/aromatic N) is 1. The van der Waals surface area contributed by atoms with Crippen molar-refractivity contribution >= 4 is 40.6 Å². The van der Waals surface area contributed by atoms with Crippen LogP contribution in [0.25, 0.3) is 0 Å². The largest absolute Gasteiger partial charge is 0.453 e. The van der Waals surface area contributed by atoms with Crippen molar-refractivity contribution in [2.24, 2.45) is 0 Å². The third-order valence-corrected chi connectivity index (χ3v) is 4.13. The molecule has 7 heteroatoms. The highest BCUT2D eigenvalue weighted by atomic mass is 79.9. The minimum atomic E-state index is -0.470. The molecule has 0 aliphatic carbocycles. The third kappa shape index (κ3) is 3.46. The molecule has 5 nitrogen and oxygen atoms in total. The Morgan fingerprint density at radius 1 is 1.50 bits per heavy atom. The topological polar surface area (TPSA) is 58.6 Å². The average Bonchev–Trinajstić information content (AvgIpc) is 2.89. The number of nitrogens with one attached hydrogen (secondary N) is 1. The van der Waals surface area contributed by atoms with Gasteiger partial charge in [0.1, 0.15) is 0 Å². The van der Waals surface area contributed by atoms with Gasteiger partial charge in [0.05, 0.1) is 18.7 Å². The molecule has 1 aromatic rings. The minimum absolute atomic E-state index is 0.0654. The predicted octanol–water partition coefficient (Wildman–Crippen LogP) is 2.31. The normalized spacial score (nSPS) is 17.9. The molecule has 1 atom stereocenters. The second kappa shape index (κ2) is 6.49. The number of hydrogen-bond donors (Lipinski definition) is 2. The van der Waals surface area contributed by atoms with Crippen molar-refractivity contribution in [3.8, 4) is 0 Å². The Hall–Kier alpha value is -1.21. The number of ether oxygens (including phenoxy) is 1. The molecule has 0 spiro atoms. The molecule has 0 bridgehead atoms. The molecule has 2 amide bonds. The first kappa shape index (κ1) is 15.2. The quantitative estimate of drug-likeness (QED) is 0.797. The summed E-state index contributed by atoms with van der Waals surface area (Å²) in [5.74, 6) is -0.0676. The number of carbonyl (C=O) groups excluding carboxylic acids is 2. The van der Waals surface area contributed by atoms with Gasteiger partial charge in [0, 0.05) is 22.5 Å². The van der Waals surface area contributed by atoms with Crippen LogP contribution in [0.5, 0.6) is 0 Å². The van der Waals surface area contributed by atoms with Crippen LogP contribution in [-0.2, 0) is 4.74 Å². The highest BCUT2D eigenvalue weighted by Gasteiger charge is 2.29. The number of alkyl carbamates (subject to hydrolysis) is 1. The van der Waals surface area contributed by atoms with Crippen molar-refractivity contribution in [1.82, 2.24) is 10.2 Å². The van der Waals surface area contributed by atoms with Crippen LogP contribution in [0.3, 0.4) is 0 Å². The molecule has 1 N–H and O–H groups in total. The second-order valence-electron chi connectivity index (χ2n) is 4.54. The number of carbonyl (C=O) groups is 2. The molecule has 20 heavy (non-hydrogen) atoms. The van der Waals surface area contributed by atoms with E-state index in [4.69, 9.17) is 0 Å². The Labute approximate surface area is 131 Å². The number of hydrogen-bond acceptors (Lipinski definition) is 4. The number of amides is 2. The fourth-order valence-electron chi connectivity index (χ4n) is 2.14. The summed E-state index contributed by atoms with van der Waals surface area (Å²) in [6.07, 6.45) is 0.252. The van der Waals surface area contributed by atoms with Crippen molar-refractivity contribution in [1.29, 1.82) is 0 Å². The molecule has 2 rings (SSSR count). The second-order valence-corrected chi connectivity index (χ2v) is 5.91. The molecule has 1 aliphatic rings. The molecule has 0 aromatic heterocycles. The maximum absolute atomic E-state index is 12.4. The summed E-state index contributed by atoms with van der Waals surface area (Å²) in [6, 6.07) is 5.28. The van der Waals surface area contributed by atoms with E-state index in [0.717, 1.165) is 15.8 Å². The van der Waals surface area contributed by atoms with Crippen LogP contribution in [0.15, 0.2) is 27.6 Å². The van der Waals surface area contributed by atoms with Crippen LogP contribution in [-0.4, -0.2) is 43.1 Å². The number of thiol groups is 1. The van der Waals surface area contributed by atoms with Crippen LogP contribution in [0.1, 0.15) is 16.8 Å². The van der Waals surface area contributed by atoms with E-state index in [1.165, 1.54) is 7.11 Å². The molecule has 1 unspecified atom stereocenters. The molecule has 0 radical (unpaired) electrons. The zero-order valence-corrected chi connectivity index (χ0v) is 13.4. The number of halogens is 1. The number of benzene rings is 1. The predicted molar refractivity (Wildman–Crippen MR) is 81.2 cm³/mol. The van der Waals surface area contributed by atoms with Gasteiger partial charge in [-0.1, -0.05) is 0 Å². The fourth-order valence-corrected chi connectivity index (χ4v) is 2.76. The summed E-state index contributed by atoms with van der Waals surface area (Å²) in [7, 11) is 1.32. The van der Waals surface area contributed by atoms with E-state index in [1.807, 2.05) is 6.07 Å². The molecular weight excluding hydrogens is 344 g/mol. The molecule has 108 valence electrons. The number of likely N-dealkylation sites (tertiary alicyclic amines) is 1. The lowest BCUT2D eigenvalue weighted by Crippen LogP contribution is -2.38. The van der Waals surface area contributed by atoms with Gasteiger partial charge in [0.15, 0.2) is 0 Å². The zero-order chi connectivity index (χ0) is 14.7. The number of methoxy groups -OCH3 is 1. The van der Waals surface area contributed by atoms with Crippen LogP contribution in [0.2, 0.25) is 0 Å². The van der Waals surface area contributed by atoms with Crippen molar-refractivity contribution in [3.63, 3.8) is 0 Å². The Morgan fingerprint density at radius 3 is 2.95 bits per heavy atom. The van der Waals surface area contributed by atoms with Crippen LogP contribution < -0.4 is 5.32 Å². The summed E-state index contributed by atoms with van der Waals surface area (Å²) < 4.78 is 5.30. The van der Waals surface area contributed by atoms with E-state index in [2.05, 4.69) is 38.6 Å². The van der Waals surface area contributed by atoms with Gasteiger partial charge in [-0.3, -0.25) is 4.79 Å². The van der Waals surface area contributed by atoms with Gasteiger partial charge in [-0.25, -0.2) is 4.79 Å². The molecule has 0 saturated carbocycles. The lowest BCUT2D eigenvalue weighted by Gasteiger charge is -2.18. The Kier molecular flexibility index (Phi) is 4.93. The van der Waals surface area contributed by atoms with Gasteiger partial charge in [-0.2, -0.15) is 0 Å². The van der Waals surface area contributed by atoms with Gasteiger partial charge in [0.2, 0.25) is 0 Å². The molecule has 1 saturated heterocycles. The van der Waals surface area contributed by atoms with Gasteiger partial charge < -0.3 is 15.0 Å². The van der Waals surface area contributed by atoms with Gasteiger partial charge in [-0.05, 0) is 40.5 Å². The Morgan fingerprint density at radius 2 is 2.25 bits per heavy atom. The van der Waals surface area contributed by atoms with Crippen LogP contribution in [0, 0.1) is 0 Å². The highest BCUT2D eigenvalue weighted by Crippen LogP contribution is 2.23. The van der Waals surface area contributed by atoms with Crippen molar-refractivity contribution in [2.45, 2.75) is 17.4 Å². The SMILES string of the molecule is COC(=O)NC1CCN(C(=O)c2cc(S)ccc2Br)C1. The van der Waals surface area contributed by atoms with Gasteiger partial charge in [0.25, 0.3) is 5.91 Å². The van der Waals surface area contributed by atoms with Crippen molar-refractivity contribution in [3.05, 3.63) is 28.2 Å². The van der Waals surface area contributed by atoms with E-state index >= 15 is 0 Å². The zero-order valence-electron chi connectivity index (χ0n) is 10.9. The third-order valence-electron chi connectivity index (χ3n) is 3.16. The van der Waals surface area contributed by atoms with Crippen molar-refractivity contribution in [2.75, 3.05) is 20.2 Å². The van der Waals surface area contributed by atoms with Crippen LogP contribution in [0.4, 0.5) is 4.79 Å². The first-order chi connectivity index (χ1) is 9.51. The summed E-state index contributed by atoms with van der Waals surface area (Å²) in [5.41, 5.74) is 0.580. The average molecular weight is 359 g/mol. The van der Waals surface area contributed by atoms with Crippen LogP contribution >= 0.6 is 28.6 Å². The lowest BCUT2D eigenvalue weighted by atomic mass is 10.2. The monoisotopic (exact) mass is 358 g/mol. The first-order valence-corrected chi connectivity index (χ1v) is 7.37. The molecule has 1 fully saturated rings. The minimum Gasteiger partial charge on any atom is -0.453 e. The summed E-state index contributed by atoms with van der Waals surface area (Å²) in [6.45, 7) is 1.09. The Balaban J connectivity index is 2.04. The molecular formula is C13H15BrN2O3S. The summed E-state index contributed by atoms with van der Waals surface area (Å²) >= 11 is 7.62. The molecule has 1 aliphatic heterocycles. The molecule has 1 heterocycles. The standard InChI is InChI=1S/C13H15BrN2O3S/c1-19-13(18)15-8-4-5-16(7-8)12(17)10-6-9(20)2-3-11(10)14/h2-3,6,8,20H,4-5,7H2,1H3,(H,15,18). The van der Waals surface area contributed by atoms with E-state index < -0.39 is 6.09 Å². The number of rotatable bonds is 2. The Bertz CT molecular complexity index is 538. The summed E-state index contributed by atoms with van der Waals surface area (Å²) in [4.78, 5) is 26.0. The van der Waals surface area contributed by atoms with Gasteiger partial charge in [-0.15, -0.1) is 12.6 Å². The smallest absolute Gasteiger partial charge is 0.407 e. The van der Waals surface area contributed by atoms with E-state index in [1.54, 1.807) is 17.0 Å². The lowest BCUT2D eigenvalue weighted by molar-refractivity contribution is 0.0787. The maximum Gasteiger partial charge on any atom is 0.407 e. The molecule has 1 aromatic carbocycles. The first-order valence-electron chi connectivity index (χ1n) is 6.13.